The molecule has 2 heterocycles. The minimum absolute atomic E-state index is 0.0639. The second-order valence-electron chi connectivity index (χ2n) is 7.36. The number of likely N-dealkylation sites (tertiary alicyclic amines) is 1. The number of aromatic nitrogens is 2. The van der Waals surface area contributed by atoms with Crippen molar-refractivity contribution in [1.29, 1.82) is 0 Å². The van der Waals surface area contributed by atoms with E-state index in [1.807, 2.05) is 53.4 Å². The molecule has 0 radical (unpaired) electrons. The highest BCUT2D eigenvalue weighted by atomic mass is 16.4. The van der Waals surface area contributed by atoms with Crippen LogP contribution in [0.15, 0.2) is 65.1 Å². The Bertz CT molecular complexity index is 980. The van der Waals surface area contributed by atoms with Crippen molar-refractivity contribution < 1.29 is 14.0 Å². The van der Waals surface area contributed by atoms with Crippen LogP contribution in [0.3, 0.4) is 0 Å². The lowest BCUT2D eigenvalue weighted by molar-refractivity contribution is -0.132. The molecule has 0 aliphatic carbocycles. The summed E-state index contributed by atoms with van der Waals surface area (Å²) in [5.74, 6) is 0.938. The molecule has 154 valence electrons. The molecule has 2 amide bonds. The molecule has 1 saturated heterocycles. The second kappa shape index (κ2) is 9.35. The molecule has 1 aromatic heterocycles. The van der Waals surface area contributed by atoms with Crippen molar-refractivity contribution >= 4 is 11.8 Å². The van der Waals surface area contributed by atoms with Gasteiger partial charge in [-0.15, -0.1) is 10.2 Å². The molecule has 7 heteroatoms. The fraction of sp³-hybridized carbons (Fsp3) is 0.304. The summed E-state index contributed by atoms with van der Waals surface area (Å²) in [6.07, 6.45) is 2.26. The number of carbonyl (C=O) groups is 2. The van der Waals surface area contributed by atoms with Crippen LogP contribution in [0.5, 0.6) is 0 Å². The molecule has 0 saturated carbocycles. The third-order valence-corrected chi connectivity index (χ3v) is 5.26. The number of nitrogens with zero attached hydrogens (tertiary/aromatic N) is 3. The van der Waals surface area contributed by atoms with Gasteiger partial charge in [-0.05, 0) is 37.1 Å². The van der Waals surface area contributed by atoms with Crippen molar-refractivity contribution in [3.63, 3.8) is 0 Å². The summed E-state index contributed by atoms with van der Waals surface area (Å²) in [5.41, 5.74) is 1.52. The van der Waals surface area contributed by atoms with Gasteiger partial charge in [0.15, 0.2) is 0 Å². The molecule has 0 spiro atoms. The largest absolute Gasteiger partial charge is 0.421 e. The molecule has 2 aromatic carbocycles. The lowest BCUT2D eigenvalue weighted by Crippen LogP contribution is -2.46. The minimum Gasteiger partial charge on any atom is -0.421 e. The Hall–Kier alpha value is -3.48. The molecule has 7 nitrogen and oxygen atoms in total. The van der Waals surface area contributed by atoms with E-state index in [0.29, 0.717) is 43.3 Å². The zero-order valence-corrected chi connectivity index (χ0v) is 16.7. The number of nitrogens with one attached hydrogen (secondary N) is 1. The Morgan fingerprint density at radius 2 is 1.63 bits per heavy atom. The van der Waals surface area contributed by atoms with Crippen molar-refractivity contribution in [3.8, 4) is 11.5 Å². The van der Waals surface area contributed by atoms with Crippen molar-refractivity contribution in [2.45, 2.75) is 31.7 Å². The van der Waals surface area contributed by atoms with Gasteiger partial charge in [-0.2, -0.15) is 0 Å². The number of rotatable bonds is 6. The second-order valence-corrected chi connectivity index (χ2v) is 7.36. The topological polar surface area (TPSA) is 88.3 Å². The summed E-state index contributed by atoms with van der Waals surface area (Å²) < 4.78 is 5.67. The van der Waals surface area contributed by atoms with Gasteiger partial charge in [-0.3, -0.25) is 9.59 Å². The van der Waals surface area contributed by atoms with Gasteiger partial charge in [0.25, 0.3) is 5.91 Å². The summed E-state index contributed by atoms with van der Waals surface area (Å²) in [4.78, 5) is 26.7. The van der Waals surface area contributed by atoms with Crippen LogP contribution in [0.25, 0.3) is 11.5 Å². The number of hydrogen-bond donors (Lipinski definition) is 1. The maximum Gasteiger partial charge on any atom is 0.251 e. The number of amides is 2. The molecule has 0 unspecified atom stereocenters. The van der Waals surface area contributed by atoms with Crippen LogP contribution in [0.2, 0.25) is 0 Å². The van der Waals surface area contributed by atoms with Gasteiger partial charge < -0.3 is 14.6 Å². The predicted molar refractivity (Wildman–Crippen MR) is 112 cm³/mol. The molecule has 0 atom stereocenters. The van der Waals surface area contributed by atoms with Crippen LogP contribution in [-0.4, -0.2) is 46.0 Å². The SMILES string of the molecule is O=C(NC1CCN(C(=O)CCc2nnc(-c3ccccc3)o2)CC1)c1ccccc1. The van der Waals surface area contributed by atoms with E-state index in [1.54, 1.807) is 12.1 Å². The Labute approximate surface area is 175 Å². The van der Waals surface area contributed by atoms with Gasteiger partial charge >= 0.3 is 0 Å². The molecule has 3 aromatic rings. The molecular weight excluding hydrogens is 380 g/mol. The first-order valence-corrected chi connectivity index (χ1v) is 10.2. The first-order valence-electron chi connectivity index (χ1n) is 10.2. The average Bonchev–Trinajstić information content (AvgIpc) is 3.28. The lowest BCUT2D eigenvalue weighted by atomic mass is 10.0. The Kier molecular flexibility index (Phi) is 6.17. The quantitative estimate of drug-likeness (QED) is 0.682. The Balaban J connectivity index is 1.22. The maximum absolute atomic E-state index is 12.5. The number of piperidine rings is 1. The van der Waals surface area contributed by atoms with Gasteiger partial charge in [0.05, 0.1) is 0 Å². The fourth-order valence-corrected chi connectivity index (χ4v) is 3.56. The molecule has 4 rings (SSSR count). The third kappa shape index (κ3) is 4.92. The summed E-state index contributed by atoms with van der Waals surface area (Å²) in [7, 11) is 0. The van der Waals surface area contributed by atoms with Gasteiger partial charge in [0, 0.05) is 43.1 Å². The van der Waals surface area contributed by atoms with Crippen LogP contribution in [0.4, 0.5) is 0 Å². The van der Waals surface area contributed by atoms with Crippen LogP contribution in [-0.2, 0) is 11.2 Å². The van der Waals surface area contributed by atoms with E-state index in [9.17, 15) is 9.59 Å². The van der Waals surface area contributed by atoms with Crippen LogP contribution in [0.1, 0.15) is 35.5 Å². The van der Waals surface area contributed by atoms with Gasteiger partial charge in [-0.1, -0.05) is 36.4 Å². The van der Waals surface area contributed by atoms with Crippen LogP contribution in [0, 0.1) is 0 Å². The highest BCUT2D eigenvalue weighted by Crippen LogP contribution is 2.18. The van der Waals surface area contributed by atoms with E-state index in [1.165, 1.54) is 0 Å². The highest BCUT2D eigenvalue weighted by Gasteiger charge is 2.24. The number of benzene rings is 2. The minimum atomic E-state index is -0.0639. The van der Waals surface area contributed by atoms with Gasteiger partial charge in [0.1, 0.15) is 0 Å². The molecule has 1 N–H and O–H groups in total. The number of hydrogen-bond acceptors (Lipinski definition) is 5. The first kappa shape index (κ1) is 19.8. The predicted octanol–water partition coefficient (Wildman–Crippen LogP) is 3.09. The van der Waals surface area contributed by atoms with Crippen molar-refractivity contribution in [2.24, 2.45) is 0 Å². The summed E-state index contributed by atoms with van der Waals surface area (Å²) in [6, 6.07) is 18.8. The molecule has 1 aliphatic rings. The van der Waals surface area contributed by atoms with E-state index < -0.39 is 0 Å². The molecule has 30 heavy (non-hydrogen) atoms. The standard InChI is InChI=1S/C23H24N4O3/c28-21(12-11-20-25-26-23(30-20)18-9-5-2-6-10-18)27-15-13-19(14-16-27)24-22(29)17-7-3-1-4-8-17/h1-10,19H,11-16H2,(H,24,29). The third-order valence-electron chi connectivity index (χ3n) is 5.26. The van der Waals surface area contributed by atoms with E-state index >= 15 is 0 Å². The molecular formula is C23H24N4O3. The van der Waals surface area contributed by atoms with Crippen molar-refractivity contribution in [3.05, 3.63) is 72.1 Å². The zero-order chi connectivity index (χ0) is 20.8. The summed E-state index contributed by atoms with van der Waals surface area (Å²) >= 11 is 0. The van der Waals surface area contributed by atoms with E-state index in [-0.39, 0.29) is 17.9 Å². The van der Waals surface area contributed by atoms with Gasteiger partial charge in [-0.25, -0.2) is 0 Å². The monoisotopic (exact) mass is 404 g/mol. The van der Waals surface area contributed by atoms with Gasteiger partial charge in [0.2, 0.25) is 17.7 Å². The van der Waals surface area contributed by atoms with Crippen molar-refractivity contribution in [1.82, 2.24) is 20.4 Å². The smallest absolute Gasteiger partial charge is 0.251 e. The molecule has 0 bridgehead atoms. The molecule has 1 fully saturated rings. The lowest BCUT2D eigenvalue weighted by Gasteiger charge is -2.32. The average molecular weight is 404 g/mol. The van der Waals surface area contributed by atoms with Crippen LogP contribution >= 0.6 is 0 Å². The Morgan fingerprint density at radius 3 is 2.33 bits per heavy atom. The molecule has 1 aliphatic heterocycles. The highest BCUT2D eigenvalue weighted by molar-refractivity contribution is 5.94. The first-order chi connectivity index (χ1) is 14.7. The van der Waals surface area contributed by atoms with E-state index in [0.717, 1.165) is 18.4 Å². The summed E-state index contributed by atoms with van der Waals surface area (Å²) in [6.45, 7) is 1.27. The van der Waals surface area contributed by atoms with Crippen molar-refractivity contribution in [2.75, 3.05) is 13.1 Å². The summed E-state index contributed by atoms with van der Waals surface area (Å²) in [5, 5.41) is 11.2. The zero-order valence-electron chi connectivity index (χ0n) is 16.7. The Morgan fingerprint density at radius 1 is 0.967 bits per heavy atom. The maximum atomic E-state index is 12.5. The fourth-order valence-electron chi connectivity index (χ4n) is 3.56. The number of aryl methyl sites for hydroxylation is 1. The van der Waals surface area contributed by atoms with E-state index in [4.69, 9.17) is 4.42 Å². The van der Waals surface area contributed by atoms with Crippen LogP contribution < -0.4 is 5.32 Å². The van der Waals surface area contributed by atoms with E-state index in [2.05, 4.69) is 15.5 Å². The number of carbonyl (C=O) groups excluding carboxylic acids is 2. The normalized spacial score (nSPS) is 14.5.